The summed E-state index contributed by atoms with van der Waals surface area (Å²) in [6.07, 6.45) is -0.310. The normalized spacial score (nSPS) is 22.6. The number of nitrogens with zero attached hydrogens (tertiary/aromatic N) is 1. The van der Waals surface area contributed by atoms with Crippen molar-refractivity contribution < 1.29 is 22.8 Å². The average molecular weight is 438 g/mol. The van der Waals surface area contributed by atoms with E-state index in [9.17, 15) is 22.8 Å². The molecular formula is C23H30F3N3O2. The molecule has 0 unspecified atom stereocenters. The van der Waals surface area contributed by atoms with Crippen molar-refractivity contribution in [3.8, 4) is 0 Å². The molecule has 170 valence electrons. The molecule has 1 spiro atoms. The largest absolute Gasteiger partial charge is 0.411 e. The van der Waals surface area contributed by atoms with Crippen molar-refractivity contribution in [2.75, 3.05) is 26.2 Å². The van der Waals surface area contributed by atoms with Gasteiger partial charge in [-0.1, -0.05) is 17.7 Å². The van der Waals surface area contributed by atoms with Crippen molar-refractivity contribution in [1.82, 2.24) is 15.5 Å². The lowest BCUT2D eigenvalue weighted by Gasteiger charge is -2.53. The molecule has 5 nitrogen and oxygen atoms in total. The number of hydrogen-bond donors (Lipinski definition) is 2. The standard InChI is InChI=1S/C23H30F3N3O2/c1-16-3-2-4-18(11-16)20(31)27-12-17-5-7-21(8-6-17)14-29(15-21)13-19(30)28-22(9-10-22)23(24,25)26/h2-4,11,17H,5-10,12-15H2,1H3,(H,27,31)(H,28,30). The number of carbonyl (C=O) groups excluding carboxylic acids is 2. The predicted molar refractivity (Wildman–Crippen MR) is 111 cm³/mol. The molecule has 2 saturated carbocycles. The summed E-state index contributed by atoms with van der Waals surface area (Å²) in [4.78, 5) is 26.3. The third-order valence-electron chi connectivity index (χ3n) is 7.15. The third kappa shape index (κ3) is 4.89. The van der Waals surface area contributed by atoms with Crippen LogP contribution in [0.1, 0.15) is 54.4 Å². The van der Waals surface area contributed by atoms with Crippen LogP contribution in [0.25, 0.3) is 0 Å². The second-order valence-electron chi connectivity index (χ2n) is 9.80. The molecule has 8 heteroatoms. The number of hydrogen-bond acceptors (Lipinski definition) is 3. The molecule has 2 N–H and O–H groups in total. The predicted octanol–water partition coefficient (Wildman–Crippen LogP) is 3.43. The minimum Gasteiger partial charge on any atom is -0.352 e. The first kappa shape index (κ1) is 22.1. The van der Waals surface area contributed by atoms with E-state index in [-0.39, 0.29) is 30.7 Å². The van der Waals surface area contributed by atoms with Gasteiger partial charge in [-0.05, 0) is 68.9 Å². The Bertz CT molecular complexity index is 835. The highest BCUT2D eigenvalue weighted by molar-refractivity contribution is 5.94. The van der Waals surface area contributed by atoms with Crippen molar-refractivity contribution in [2.24, 2.45) is 11.3 Å². The van der Waals surface area contributed by atoms with Crippen LogP contribution < -0.4 is 10.6 Å². The maximum atomic E-state index is 13.0. The Morgan fingerprint density at radius 3 is 2.39 bits per heavy atom. The molecule has 31 heavy (non-hydrogen) atoms. The van der Waals surface area contributed by atoms with Crippen molar-refractivity contribution in [3.63, 3.8) is 0 Å². The number of nitrogens with one attached hydrogen (secondary N) is 2. The number of amides is 2. The van der Waals surface area contributed by atoms with E-state index >= 15 is 0 Å². The number of carbonyl (C=O) groups is 2. The highest BCUT2D eigenvalue weighted by atomic mass is 19.4. The maximum absolute atomic E-state index is 13.0. The van der Waals surface area contributed by atoms with Crippen LogP contribution in [-0.2, 0) is 4.79 Å². The summed E-state index contributed by atoms with van der Waals surface area (Å²) in [5.41, 5.74) is -0.0634. The summed E-state index contributed by atoms with van der Waals surface area (Å²) in [5.74, 6) is -0.132. The van der Waals surface area contributed by atoms with Gasteiger partial charge in [0.2, 0.25) is 5.91 Å². The van der Waals surface area contributed by atoms with Crippen molar-refractivity contribution in [1.29, 1.82) is 0 Å². The van der Waals surface area contributed by atoms with E-state index < -0.39 is 17.6 Å². The summed E-state index contributed by atoms with van der Waals surface area (Å²) < 4.78 is 39.0. The van der Waals surface area contributed by atoms with E-state index in [1.54, 1.807) is 0 Å². The molecule has 3 fully saturated rings. The second-order valence-corrected chi connectivity index (χ2v) is 9.80. The first-order valence-corrected chi connectivity index (χ1v) is 11.0. The molecule has 2 amide bonds. The molecule has 1 aromatic carbocycles. The molecule has 3 aliphatic rings. The second kappa shape index (κ2) is 8.11. The van der Waals surface area contributed by atoms with Gasteiger partial charge in [-0.3, -0.25) is 14.5 Å². The molecule has 1 saturated heterocycles. The van der Waals surface area contributed by atoms with Crippen molar-refractivity contribution in [3.05, 3.63) is 35.4 Å². The number of likely N-dealkylation sites (tertiary alicyclic amines) is 1. The Kier molecular flexibility index (Phi) is 5.79. The Morgan fingerprint density at radius 1 is 1.13 bits per heavy atom. The van der Waals surface area contributed by atoms with Crippen LogP contribution in [0, 0.1) is 18.3 Å². The minimum absolute atomic E-state index is 0.0199. The van der Waals surface area contributed by atoms with Crippen LogP contribution >= 0.6 is 0 Å². The van der Waals surface area contributed by atoms with Gasteiger partial charge in [0.15, 0.2) is 0 Å². The highest BCUT2D eigenvalue weighted by Crippen LogP contribution is 2.49. The van der Waals surface area contributed by atoms with E-state index in [1.807, 2.05) is 36.1 Å². The number of alkyl halides is 3. The molecule has 0 atom stereocenters. The Balaban J connectivity index is 1.16. The van der Waals surface area contributed by atoms with Crippen LogP contribution in [-0.4, -0.2) is 54.6 Å². The Morgan fingerprint density at radius 2 is 1.81 bits per heavy atom. The zero-order valence-electron chi connectivity index (χ0n) is 17.9. The lowest BCUT2D eigenvalue weighted by molar-refractivity contribution is -0.171. The smallest absolute Gasteiger partial charge is 0.352 e. The van der Waals surface area contributed by atoms with Crippen molar-refractivity contribution >= 4 is 11.8 Å². The fraction of sp³-hybridized carbons (Fsp3) is 0.652. The zero-order chi connectivity index (χ0) is 22.3. The molecule has 1 aromatic rings. The summed E-state index contributed by atoms with van der Waals surface area (Å²) in [6, 6.07) is 7.54. The summed E-state index contributed by atoms with van der Waals surface area (Å²) in [6.45, 7) is 4.19. The SMILES string of the molecule is Cc1cccc(C(=O)NCC2CCC3(CC2)CN(CC(=O)NC2(C(F)(F)F)CC2)C3)c1. The lowest BCUT2D eigenvalue weighted by Crippen LogP contribution is -2.61. The van der Waals surface area contributed by atoms with Gasteiger partial charge >= 0.3 is 6.18 Å². The molecule has 0 radical (unpaired) electrons. The third-order valence-corrected chi connectivity index (χ3v) is 7.15. The van der Waals surface area contributed by atoms with Gasteiger partial charge in [0.1, 0.15) is 5.54 Å². The summed E-state index contributed by atoms with van der Waals surface area (Å²) >= 11 is 0. The fourth-order valence-electron chi connectivity index (χ4n) is 5.06. The zero-order valence-corrected chi connectivity index (χ0v) is 17.9. The molecular weight excluding hydrogens is 407 g/mol. The van der Waals surface area contributed by atoms with Crippen LogP contribution in [0.4, 0.5) is 13.2 Å². The van der Waals surface area contributed by atoms with Gasteiger partial charge in [0.25, 0.3) is 5.91 Å². The van der Waals surface area contributed by atoms with Crippen LogP contribution in [0.3, 0.4) is 0 Å². The molecule has 1 aliphatic heterocycles. The number of aryl methyl sites for hydroxylation is 1. The van der Waals surface area contributed by atoms with Crippen molar-refractivity contribution in [2.45, 2.75) is 57.2 Å². The summed E-state index contributed by atoms with van der Waals surface area (Å²) in [5, 5.41) is 5.24. The molecule has 4 rings (SSSR count). The first-order chi connectivity index (χ1) is 14.6. The van der Waals surface area contributed by atoms with Gasteiger partial charge in [-0.15, -0.1) is 0 Å². The quantitative estimate of drug-likeness (QED) is 0.717. The van der Waals surface area contributed by atoms with Crippen LogP contribution in [0.5, 0.6) is 0 Å². The van der Waals surface area contributed by atoms with Gasteiger partial charge in [-0.25, -0.2) is 0 Å². The van der Waals surface area contributed by atoms with E-state index in [2.05, 4.69) is 10.6 Å². The van der Waals surface area contributed by atoms with E-state index in [0.717, 1.165) is 44.3 Å². The summed E-state index contributed by atoms with van der Waals surface area (Å²) in [7, 11) is 0. The van der Waals surface area contributed by atoms with Gasteiger partial charge < -0.3 is 10.6 Å². The van der Waals surface area contributed by atoms with Crippen LogP contribution in [0.15, 0.2) is 24.3 Å². The average Bonchev–Trinajstić information content (AvgIpc) is 3.46. The van der Waals surface area contributed by atoms with E-state index in [0.29, 0.717) is 18.0 Å². The highest BCUT2D eigenvalue weighted by Gasteiger charge is 2.64. The van der Waals surface area contributed by atoms with Gasteiger partial charge in [0.05, 0.1) is 6.54 Å². The molecule has 0 aromatic heterocycles. The molecule has 1 heterocycles. The van der Waals surface area contributed by atoms with E-state index in [4.69, 9.17) is 0 Å². The Labute approximate surface area is 180 Å². The fourth-order valence-corrected chi connectivity index (χ4v) is 5.06. The topological polar surface area (TPSA) is 61.4 Å². The molecule has 2 aliphatic carbocycles. The van der Waals surface area contributed by atoms with Gasteiger partial charge in [-0.2, -0.15) is 13.2 Å². The monoisotopic (exact) mass is 437 g/mol. The van der Waals surface area contributed by atoms with Crippen LogP contribution in [0.2, 0.25) is 0 Å². The first-order valence-electron chi connectivity index (χ1n) is 11.0. The Hall–Kier alpha value is -2.09. The van der Waals surface area contributed by atoms with E-state index in [1.165, 1.54) is 0 Å². The maximum Gasteiger partial charge on any atom is 0.411 e. The molecule has 0 bridgehead atoms. The lowest BCUT2D eigenvalue weighted by atomic mass is 9.66. The number of rotatable bonds is 6. The minimum atomic E-state index is -4.37. The number of benzene rings is 1. The van der Waals surface area contributed by atoms with Gasteiger partial charge in [0, 0.05) is 25.2 Å². The number of halogens is 3.